The molecular formula is C13H13ClN2O5S. The molecule has 1 aromatic heterocycles. The minimum atomic E-state index is -0.833. The van der Waals surface area contributed by atoms with Gasteiger partial charge in [-0.1, -0.05) is 23.4 Å². The molecule has 118 valence electrons. The van der Waals surface area contributed by atoms with Crippen LogP contribution in [-0.4, -0.2) is 37.8 Å². The summed E-state index contributed by atoms with van der Waals surface area (Å²) in [5, 5.41) is 21.0. The lowest BCUT2D eigenvalue weighted by Crippen LogP contribution is -2.19. The quantitative estimate of drug-likeness (QED) is 0.631. The smallest absolute Gasteiger partial charge is 0.300 e. The number of aliphatic hydroxyl groups is 1. The Balaban J connectivity index is 0.000000541. The van der Waals surface area contributed by atoms with Crippen molar-refractivity contribution in [3.63, 3.8) is 0 Å². The number of hydrogen-bond donors (Lipinski definition) is 2. The molecule has 0 unspecified atom stereocenters. The zero-order chi connectivity index (χ0) is 16.9. The van der Waals surface area contributed by atoms with Gasteiger partial charge in [-0.15, -0.1) is 0 Å². The van der Waals surface area contributed by atoms with Crippen LogP contribution in [0.1, 0.15) is 18.6 Å². The van der Waals surface area contributed by atoms with E-state index >= 15 is 0 Å². The van der Waals surface area contributed by atoms with Crippen LogP contribution in [0.15, 0.2) is 28.0 Å². The zero-order valence-electron chi connectivity index (χ0n) is 11.7. The van der Waals surface area contributed by atoms with Crippen LogP contribution in [0.25, 0.3) is 10.9 Å². The Morgan fingerprint density at radius 1 is 1.36 bits per heavy atom. The van der Waals surface area contributed by atoms with Gasteiger partial charge in [0.15, 0.2) is 5.03 Å². The molecular weight excluding hydrogens is 332 g/mol. The molecule has 0 saturated heterocycles. The van der Waals surface area contributed by atoms with E-state index in [1.807, 2.05) is 0 Å². The summed E-state index contributed by atoms with van der Waals surface area (Å²) in [5.41, 5.74) is 0.0586. The number of carboxylic acid groups (broad SMARTS) is 1. The van der Waals surface area contributed by atoms with Crippen molar-refractivity contribution in [2.45, 2.75) is 18.9 Å². The molecule has 0 atom stereocenters. The van der Waals surface area contributed by atoms with Gasteiger partial charge in [-0.05, 0) is 18.2 Å². The molecule has 7 nitrogen and oxygen atoms in total. The van der Waals surface area contributed by atoms with Crippen LogP contribution in [-0.2, 0) is 4.79 Å². The van der Waals surface area contributed by atoms with Crippen molar-refractivity contribution in [3.8, 4) is 0 Å². The highest BCUT2D eigenvalue weighted by Crippen LogP contribution is 2.19. The van der Waals surface area contributed by atoms with Crippen LogP contribution in [0.2, 0.25) is 5.02 Å². The summed E-state index contributed by atoms with van der Waals surface area (Å²) in [7, 11) is 0. The van der Waals surface area contributed by atoms with Gasteiger partial charge < -0.3 is 10.2 Å². The standard InChI is InChI=1S/C11H9ClN2O3S.C2H4O2/c1-6(16)14-9-3-2-7(12)4-8(9)10(17)11(13-14)18-5-15;1-2(3)4/h2-4,15H,5H2,1H3;1H3,(H,3,4). The van der Waals surface area contributed by atoms with E-state index in [0.29, 0.717) is 15.9 Å². The van der Waals surface area contributed by atoms with Gasteiger partial charge in [0.1, 0.15) is 0 Å². The topological polar surface area (TPSA) is 109 Å². The Morgan fingerprint density at radius 3 is 2.45 bits per heavy atom. The Bertz CT molecular complexity index is 771. The van der Waals surface area contributed by atoms with Crippen molar-refractivity contribution in [2.24, 2.45) is 0 Å². The van der Waals surface area contributed by atoms with Crippen molar-refractivity contribution in [2.75, 3.05) is 5.94 Å². The van der Waals surface area contributed by atoms with Crippen molar-refractivity contribution in [1.82, 2.24) is 9.78 Å². The summed E-state index contributed by atoms with van der Waals surface area (Å²) in [4.78, 5) is 32.6. The van der Waals surface area contributed by atoms with Gasteiger partial charge in [-0.25, -0.2) is 0 Å². The van der Waals surface area contributed by atoms with Crippen LogP contribution in [0.5, 0.6) is 0 Å². The van der Waals surface area contributed by atoms with E-state index in [0.717, 1.165) is 23.4 Å². The van der Waals surface area contributed by atoms with Gasteiger partial charge >= 0.3 is 0 Å². The first kappa shape index (κ1) is 18.1. The van der Waals surface area contributed by atoms with Crippen molar-refractivity contribution < 1.29 is 19.8 Å². The normalized spacial score (nSPS) is 10.0. The first-order valence-corrected chi connectivity index (χ1v) is 7.31. The van der Waals surface area contributed by atoms with Crippen LogP contribution < -0.4 is 5.43 Å². The number of thioether (sulfide) groups is 1. The summed E-state index contributed by atoms with van der Waals surface area (Å²) in [6, 6.07) is 4.64. The lowest BCUT2D eigenvalue weighted by atomic mass is 10.2. The van der Waals surface area contributed by atoms with E-state index in [4.69, 9.17) is 26.6 Å². The highest BCUT2D eigenvalue weighted by atomic mass is 35.5. The predicted octanol–water partition coefficient (Wildman–Crippen LogP) is 1.84. The summed E-state index contributed by atoms with van der Waals surface area (Å²) < 4.78 is 1.13. The third-order valence-electron chi connectivity index (χ3n) is 2.32. The maximum absolute atomic E-state index is 12.1. The molecule has 22 heavy (non-hydrogen) atoms. The van der Waals surface area contributed by atoms with Crippen LogP contribution in [0, 0.1) is 0 Å². The molecule has 1 heterocycles. The SMILES string of the molecule is CC(=O)O.CC(=O)n1nc(SCO)c(=O)c2cc(Cl)ccc21. The van der Waals surface area contributed by atoms with E-state index in [1.165, 1.54) is 13.0 Å². The average molecular weight is 345 g/mol. The number of rotatable bonds is 2. The Kier molecular flexibility index (Phi) is 6.54. The molecule has 1 aromatic carbocycles. The lowest BCUT2D eigenvalue weighted by Gasteiger charge is -2.08. The van der Waals surface area contributed by atoms with E-state index < -0.39 is 5.97 Å². The van der Waals surface area contributed by atoms with Gasteiger partial charge in [0.2, 0.25) is 11.3 Å². The monoisotopic (exact) mass is 344 g/mol. The van der Waals surface area contributed by atoms with Gasteiger partial charge in [0, 0.05) is 18.9 Å². The minimum absolute atomic E-state index is 0.0717. The molecule has 0 aliphatic carbocycles. The molecule has 0 aliphatic rings. The molecule has 9 heteroatoms. The molecule has 0 aliphatic heterocycles. The molecule has 2 aromatic rings. The predicted molar refractivity (Wildman–Crippen MR) is 83.6 cm³/mol. The van der Waals surface area contributed by atoms with Crippen molar-refractivity contribution in [3.05, 3.63) is 33.4 Å². The number of aromatic nitrogens is 2. The van der Waals surface area contributed by atoms with E-state index in [1.54, 1.807) is 12.1 Å². The summed E-state index contributed by atoms with van der Waals surface area (Å²) in [6.45, 7) is 2.43. The highest BCUT2D eigenvalue weighted by Gasteiger charge is 2.13. The third-order valence-corrected chi connectivity index (χ3v) is 3.22. The number of hydrogen-bond acceptors (Lipinski definition) is 6. The maximum Gasteiger partial charge on any atom is 0.300 e. The fraction of sp³-hybridized carbons (Fsp3) is 0.231. The Morgan fingerprint density at radius 2 is 1.95 bits per heavy atom. The number of nitrogens with zero attached hydrogens (tertiary/aromatic N) is 2. The van der Waals surface area contributed by atoms with Crippen molar-refractivity contribution >= 4 is 46.1 Å². The number of aliphatic carboxylic acids is 1. The summed E-state index contributed by atoms with van der Waals surface area (Å²) >= 11 is 6.71. The number of aliphatic hydroxyl groups excluding tert-OH is 1. The molecule has 0 saturated carbocycles. The largest absolute Gasteiger partial charge is 0.481 e. The van der Waals surface area contributed by atoms with Gasteiger partial charge in [-0.3, -0.25) is 14.4 Å². The first-order chi connectivity index (χ1) is 10.3. The molecule has 0 amide bonds. The average Bonchev–Trinajstić information content (AvgIpc) is 2.41. The number of carbonyl (C=O) groups is 2. The van der Waals surface area contributed by atoms with E-state index in [-0.39, 0.29) is 22.3 Å². The second-order valence-corrected chi connectivity index (χ2v) is 5.39. The molecule has 2 N–H and O–H groups in total. The molecule has 0 fully saturated rings. The Labute approximate surface area is 134 Å². The number of carbonyl (C=O) groups excluding carboxylic acids is 1. The highest BCUT2D eigenvalue weighted by molar-refractivity contribution is 7.99. The number of fused-ring (bicyclic) bond motifs is 1. The second kappa shape index (κ2) is 7.92. The first-order valence-electron chi connectivity index (χ1n) is 5.94. The molecule has 0 spiro atoms. The fourth-order valence-corrected chi connectivity index (χ4v) is 2.25. The van der Waals surface area contributed by atoms with Crippen LogP contribution in [0.4, 0.5) is 0 Å². The summed E-state index contributed by atoms with van der Waals surface area (Å²) in [6.07, 6.45) is 0. The molecule has 0 radical (unpaired) electrons. The molecule has 0 bridgehead atoms. The fourth-order valence-electron chi connectivity index (χ4n) is 1.58. The van der Waals surface area contributed by atoms with Crippen LogP contribution in [0.3, 0.4) is 0 Å². The minimum Gasteiger partial charge on any atom is -0.481 e. The maximum atomic E-state index is 12.1. The second-order valence-electron chi connectivity index (χ2n) is 4.02. The number of halogens is 1. The van der Waals surface area contributed by atoms with Gasteiger partial charge in [0.25, 0.3) is 5.97 Å². The lowest BCUT2D eigenvalue weighted by molar-refractivity contribution is -0.134. The van der Waals surface area contributed by atoms with E-state index in [9.17, 15) is 9.59 Å². The third kappa shape index (κ3) is 4.55. The molecule has 2 rings (SSSR count). The zero-order valence-corrected chi connectivity index (χ0v) is 13.3. The Hall–Kier alpha value is -1.90. The van der Waals surface area contributed by atoms with Crippen LogP contribution >= 0.6 is 23.4 Å². The number of carboxylic acids is 1. The van der Waals surface area contributed by atoms with E-state index in [2.05, 4.69) is 5.10 Å². The van der Waals surface area contributed by atoms with Crippen molar-refractivity contribution in [1.29, 1.82) is 0 Å². The van der Waals surface area contributed by atoms with Gasteiger partial charge in [0.05, 0.1) is 16.8 Å². The number of benzene rings is 1. The summed E-state index contributed by atoms with van der Waals surface area (Å²) in [5.74, 6) is -1.44. The van der Waals surface area contributed by atoms with Gasteiger partial charge in [-0.2, -0.15) is 9.78 Å².